The van der Waals surface area contributed by atoms with Gasteiger partial charge in [-0.3, -0.25) is 9.59 Å². The maximum atomic E-state index is 13.1. The Hall–Kier alpha value is -2.44. The van der Waals surface area contributed by atoms with Crippen molar-refractivity contribution in [3.8, 4) is 0 Å². The molecule has 1 heterocycles. The Labute approximate surface area is 139 Å². The van der Waals surface area contributed by atoms with Crippen molar-refractivity contribution in [2.24, 2.45) is 0 Å². The number of likely N-dealkylation sites (tertiary alicyclic amines) is 1. The number of nitrogens with zero attached hydrogens (tertiary/aromatic N) is 1. The first kappa shape index (κ1) is 17.9. The summed E-state index contributed by atoms with van der Waals surface area (Å²) in [6.07, 6.45) is 2.97. The molecule has 24 heavy (non-hydrogen) atoms. The third kappa shape index (κ3) is 4.10. The molecule has 2 amide bonds. The summed E-state index contributed by atoms with van der Waals surface area (Å²) in [5.41, 5.74) is -1.44. The lowest BCUT2D eigenvalue weighted by Crippen LogP contribution is -2.52. The average Bonchev–Trinajstić information content (AvgIpc) is 2.72. The van der Waals surface area contributed by atoms with Crippen LogP contribution < -0.4 is 5.32 Å². The van der Waals surface area contributed by atoms with Gasteiger partial charge in [0.05, 0.1) is 6.54 Å². The zero-order valence-corrected chi connectivity index (χ0v) is 13.5. The monoisotopic (exact) mass is 336 g/mol. The molecule has 1 aliphatic heterocycles. The smallest absolute Gasteiger partial charge is 0.333 e. The van der Waals surface area contributed by atoms with Gasteiger partial charge in [-0.1, -0.05) is 18.6 Å². The van der Waals surface area contributed by atoms with E-state index < -0.39 is 23.2 Å². The van der Waals surface area contributed by atoms with Gasteiger partial charge in [0.2, 0.25) is 11.8 Å². The minimum atomic E-state index is -1.69. The topological polar surface area (TPSA) is 86.7 Å². The fourth-order valence-electron chi connectivity index (χ4n) is 2.73. The Morgan fingerprint density at radius 3 is 2.54 bits per heavy atom. The molecule has 0 saturated carbocycles. The van der Waals surface area contributed by atoms with Gasteiger partial charge in [0.25, 0.3) is 0 Å². The van der Waals surface area contributed by atoms with Crippen LogP contribution in [-0.4, -0.2) is 40.9 Å². The van der Waals surface area contributed by atoms with E-state index in [1.54, 1.807) is 0 Å². The van der Waals surface area contributed by atoms with E-state index in [9.17, 15) is 23.9 Å². The molecule has 1 fully saturated rings. The molecule has 0 aromatic heterocycles. The molecule has 0 bridgehead atoms. The van der Waals surface area contributed by atoms with Crippen molar-refractivity contribution in [1.82, 2.24) is 10.2 Å². The summed E-state index contributed by atoms with van der Waals surface area (Å²) in [5.74, 6) is -2.40. The predicted molar refractivity (Wildman–Crippen MR) is 84.6 cm³/mol. The first-order valence-corrected chi connectivity index (χ1v) is 7.91. The SMILES string of the molecule is C[C@](NC(=O)CN1CCCCCC1=O)(C(=O)O)c1ccc(F)cc1. The molecule has 1 atom stereocenters. The molecule has 0 radical (unpaired) electrons. The first-order valence-electron chi connectivity index (χ1n) is 7.91. The molecule has 1 aromatic rings. The van der Waals surface area contributed by atoms with Crippen LogP contribution in [0.25, 0.3) is 0 Å². The van der Waals surface area contributed by atoms with Crippen molar-refractivity contribution >= 4 is 17.8 Å². The minimum absolute atomic E-state index is 0.0959. The normalized spacial score (nSPS) is 17.8. The zero-order valence-electron chi connectivity index (χ0n) is 13.5. The maximum Gasteiger partial charge on any atom is 0.333 e. The van der Waals surface area contributed by atoms with Crippen LogP contribution in [0, 0.1) is 5.82 Å². The zero-order chi connectivity index (χ0) is 17.7. The van der Waals surface area contributed by atoms with Gasteiger partial charge in [0.15, 0.2) is 5.54 Å². The second-order valence-corrected chi connectivity index (χ2v) is 6.11. The number of hydrogen-bond acceptors (Lipinski definition) is 3. The van der Waals surface area contributed by atoms with Crippen LogP contribution in [0.2, 0.25) is 0 Å². The van der Waals surface area contributed by atoms with Gasteiger partial charge in [-0.25, -0.2) is 9.18 Å². The van der Waals surface area contributed by atoms with Crippen molar-refractivity contribution in [3.05, 3.63) is 35.6 Å². The summed E-state index contributed by atoms with van der Waals surface area (Å²) in [6.45, 7) is 1.65. The van der Waals surface area contributed by atoms with Gasteiger partial charge in [-0.05, 0) is 37.5 Å². The molecule has 2 rings (SSSR count). The highest BCUT2D eigenvalue weighted by atomic mass is 19.1. The number of benzene rings is 1. The van der Waals surface area contributed by atoms with E-state index >= 15 is 0 Å². The number of hydrogen-bond donors (Lipinski definition) is 2. The number of rotatable bonds is 5. The number of amides is 2. The second-order valence-electron chi connectivity index (χ2n) is 6.11. The summed E-state index contributed by atoms with van der Waals surface area (Å²) in [7, 11) is 0. The minimum Gasteiger partial charge on any atom is -0.479 e. The van der Waals surface area contributed by atoms with Crippen LogP contribution >= 0.6 is 0 Å². The number of carboxylic acid groups (broad SMARTS) is 1. The average molecular weight is 336 g/mol. The van der Waals surface area contributed by atoms with Crippen LogP contribution in [0.15, 0.2) is 24.3 Å². The molecule has 0 unspecified atom stereocenters. The number of aliphatic carboxylic acids is 1. The van der Waals surface area contributed by atoms with Crippen LogP contribution in [0.3, 0.4) is 0 Å². The number of nitrogens with one attached hydrogen (secondary N) is 1. The summed E-state index contributed by atoms with van der Waals surface area (Å²) < 4.78 is 13.1. The third-order valence-electron chi connectivity index (χ3n) is 4.24. The van der Waals surface area contributed by atoms with E-state index in [1.165, 1.54) is 24.0 Å². The van der Waals surface area contributed by atoms with Crippen LogP contribution in [0.4, 0.5) is 4.39 Å². The summed E-state index contributed by atoms with van der Waals surface area (Å²) in [6, 6.07) is 4.92. The van der Waals surface area contributed by atoms with E-state index in [0.29, 0.717) is 13.0 Å². The van der Waals surface area contributed by atoms with Crippen LogP contribution in [-0.2, 0) is 19.9 Å². The predicted octanol–water partition coefficient (Wildman–Crippen LogP) is 1.64. The number of carboxylic acids is 1. The maximum absolute atomic E-state index is 13.1. The van der Waals surface area contributed by atoms with Crippen molar-refractivity contribution in [3.63, 3.8) is 0 Å². The highest BCUT2D eigenvalue weighted by Gasteiger charge is 2.37. The fourth-order valence-corrected chi connectivity index (χ4v) is 2.73. The molecule has 1 aromatic carbocycles. The Kier molecular flexibility index (Phi) is 5.54. The summed E-state index contributed by atoms with van der Waals surface area (Å²) >= 11 is 0. The number of carbonyl (C=O) groups excluding carboxylic acids is 2. The molecular weight excluding hydrogens is 315 g/mol. The van der Waals surface area contributed by atoms with Crippen molar-refractivity contribution in [1.29, 1.82) is 0 Å². The number of carbonyl (C=O) groups is 3. The van der Waals surface area contributed by atoms with E-state index in [-0.39, 0.29) is 18.0 Å². The van der Waals surface area contributed by atoms with Crippen molar-refractivity contribution in [2.45, 2.75) is 38.1 Å². The van der Waals surface area contributed by atoms with Crippen LogP contribution in [0.1, 0.15) is 38.2 Å². The van der Waals surface area contributed by atoms with E-state index in [4.69, 9.17) is 0 Å². The number of halogens is 1. The highest BCUT2D eigenvalue weighted by Crippen LogP contribution is 2.22. The van der Waals surface area contributed by atoms with Gasteiger partial charge < -0.3 is 15.3 Å². The van der Waals surface area contributed by atoms with E-state index in [1.807, 2.05) is 0 Å². The molecule has 0 spiro atoms. The molecule has 7 heteroatoms. The quantitative estimate of drug-likeness (QED) is 0.856. The van der Waals surface area contributed by atoms with E-state index in [0.717, 1.165) is 31.4 Å². The van der Waals surface area contributed by atoms with Gasteiger partial charge >= 0.3 is 5.97 Å². The molecule has 0 aliphatic carbocycles. The molecule has 1 aliphatic rings. The summed E-state index contributed by atoms with van der Waals surface area (Å²) in [5, 5.41) is 12.0. The lowest BCUT2D eigenvalue weighted by atomic mass is 9.92. The fraction of sp³-hybridized carbons (Fsp3) is 0.471. The van der Waals surface area contributed by atoms with Crippen molar-refractivity contribution < 1.29 is 23.9 Å². The molecule has 1 saturated heterocycles. The molecule has 130 valence electrons. The molecule has 2 N–H and O–H groups in total. The Balaban J connectivity index is 2.12. The van der Waals surface area contributed by atoms with Crippen LogP contribution in [0.5, 0.6) is 0 Å². The van der Waals surface area contributed by atoms with Gasteiger partial charge in [0.1, 0.15) is 5.82 Å². The van der Waals surface area contributed by atoms with Gasteiger partial charge in [0, 0.05) is 13.0 Å². The Morgan fingerprint density at radius 2 is 1.92 bits per heavy atom. The standard InChI is InChI=1S/C17H21FN2O4/c1-17(16(23)24,12-6-8-13(18)9-7-12)19-14(21)11-20-10-4-2-3-5-15(20)22/h6-9H,2-5,10-11H2,1H3,(H,19,21)(H,23,24)/t17-/m1/s1. The lowest BCUT2D eigenvalue weighted by Gasteiger charge is -2.28. The highest BCUT2D eigenvalue weighted by molar-refractivity contribution is 5.90. The Bertz CT molecular complexity index is 632. The molecular formula is C17H21FN2O4. The Morgan fingerprint density at radius 1 is 1.25 bits per heavy atom. The molecule has 6 nitrogen and oxygen atoms in total. The largest absolute Gasteiger partial charge is 0.479 e. The van der Waals surface area contributed by atoms with Crippen molar-refractivity contribution in [2.75, 3.05) is 13.1 Å². The lowest BCUT2D eigenvalue weighted by molar-refractivity contribution is -0.148. The van der Waals surface area contributed by atoms with E-state index in [2.05, 4.69) is 5.32 Å². The first-order chi connectivity index (χ1) is 11.3. The third-order valence-corrected chi connectivity index (χ3v) is 4.24. The van der Waals surface area contributed by atoms with Gasteiger partial charge in [-0.2, -0.15) is 0 Å². The summed E-state index contributed by atoms with van der Waals surface area (Å²) in [4.78, 5) is 37.3. The van der Waals surface area contributed by atoms with Gasteiger partial charge in [-0.15, -0.1) is 0 Å². The second kappa shape index (κ2) is 7.42.